The molecule has 2 heteroatoms. The largest absolute Gasteiger partial charge is 0.303 e. The molecular weight excluding hydrogens is 256 g/mol. The van der Waals surface area contributed by atoms with Gasteiger partial charge in [-0.2, -0.15) is 0 Å². The topological polar surface area (TPSA) is 6.48 Å². The van der Waals surface area contributed by atoms with Crippen LogP contribution in [0.5, 0.6) is 0 Å². The Morgan fingerprint density at radius 2 is 1.81 bits per heavy atom. The van der Waals surface area contributed by atoms with Crippen LogP contribution in [0.25, 0.3) is 0 Å². The molecular formula is C19H30N2. The van der Waals surface area contributed by atoms with E-state index in [2.05, 4.69) is 54.1 Å². The van der Waals surface area contributed by atoms with Gasteiger partial charge in [0.1, 0.15) is 0 Å². The Morgan fingerprint density at radius 1 is 1.14 bits per heavy atom. The van der Waals surface area contributed by atoms with Crippen molar-refractivity contribution >= 4 is 0 Å². The van der Waals surface area contributed by atoms with Gasteiger partial charge in [-0.1, -0.05) is 37.3 Å². The van der Waals surface area contributed by atoms with Crippen LogP contribution in [0, 0.1) is 5.92 Å². The normalized spacial score (nSPS) is 27.8. The van der Waals surface area contributed by atoms with Gasteiger partial charge in [0.15, 0.2) is 0 Å². The molecule has 21 heavy (non-hydrogen) atoms. The van der Waals surface area contributed by atoms with Crippen molar-refractivity contribution in [2.75, 3.05) is 33.2 Å². The zero-order chi connectivity index (χ0) is 14.7. The van der Waals surface area contributed by atoms with Crippen LogP contribution < -0.4 is 0 Å². The molecule has 1 unspecified atom stereocenters. The fourth-order valence-electron chi connectivity index (χ4n) is 4.05. The minimum Gasteiger partial charge on any atom is -0.303 e. The second-order valence-electron chi connectivity index (χ2n) is 7.29. The molecule has 2 fully saturated rings. The van der Waals surface area contributed by atoms with E-state index in [0.29, 0.717) is 0 Å². The van der Waals surface area contributed by atoms with Gasteiger partial charge in [0, 0.05) is 19.1 Å². The van der Waals surface area contributed by atoms with Gasteiger partial charge < -0.3 is 9.80 Å². The van der Waals surface area contributed by atoms with E-state index >= 15 is 0 Å². The SMILES string of the molecule is CC(CN1CCCC1)CN(C)C1CC(c2ccccc2)C1. The van der Waals surface area contributed by atoms with E-state index in [1.165, 1.54) is 57.4 Å². The molecule has 0 N–H and O–H groups in total. The fourth-order valence-corrected chi connectivity index (χ4v) is 4.05. The zero-order valence-electron chi connectivity index (χ0n) is 13.7. The molecule has 0 spiro atoms. The van der Waals surface area contributed by atoms with Gasteiger partial charge in [-0.3, -0.25) is 0 Å². The summed E-state index contributed by atoms with van der Waals surface area (Å²) in [6, 6.07) is 11.8. The highest BCUT2D eigenvalue weighted by Crippen LogP contribution is 2.39. The fraction of sp³-hybridized carbons (Fsp3) is 0.684. The summed E-state index contributed by atoms with van der Waals surface area (Å²) in [4.78, 5) is 5.26. The molecule has 3 rings (SSSR count). The highest BCUT2D eigenvalue weighted by molar-refractivity contribution is 5.22. The first kappa shape index (κ1) is 15.1. The predicted octanol–water partition coefficient (Wildman–Crippen LogP) is 3.60. The van der Waals surface area contributed by atoms with Crippen molar-refractivity contribution in [3.63, 3.8) is 0 Å². The first-order valence-corrected chi connectivity index (χ1v) is 8.70. The first-order valence-electron chi connectivity index (χ1n) is 8.70. The lowest BCUT2D eigenvalue weighted by molar-refractivity contribution is 0.112. The molecule has 1 aliphatic carbocycles. The Bertz CT molecular complexity index is 418. The molecule has 0 amide bonds. The Kier molecular flexibility index (Phi) is 4.97. The summed E-state index contributed by atoms with van der Waals surface area (Å²) in [5, 5.41) is 0. The van der Waals surface area contributed by atoms with Crippen LogP contribution in [0.15, 0.2) is 30.3 Å². The molecule has 2 nitrogen and oxygen atoms in total. The molecule has 0 aromatic heterocycles. The number of likely N-dealkylation sites (tertiary alicyclic amines) is 1. The predicted molar refractivity (Wildman–Crippen MR) is 89.7 cm³/mol. The van der Waals surface area contributed by atoms with Crippen LogP contribution in [0.2, 0.25) is 0 Å². The lowest BCUT2D eigenvalue weighted by atomic mass is 9.75. The molecule has 1 saturated carbocycles. The van der Waals surface area contributed by atoms with Crippen LogP contribution in [-0.2, 0) is 0 Å². The lowest BCUT2D eigenvalue weighted by Gasteiger charge is -2.42. The maximum atomic E-state index is 2.64. The summed E-state index contributed by atoms with van der Waals surface area (Å²) < 4.78 is 0. The monoisotopic (exact) mass is 286 g/mol. The first-order chi connectivity index (χ1) is 10.2. The number of rotatable bonds is 6. The van der Waals surface area contributed by atoms with Gasteiger partial charge in [-0.15, -0.1) is 0 Å². The molecule has 1 aromatic rings. The Labute approximate surface area is 130 Å². The quantitative estimate of drug-likeness (QED) is 0.788. The number of hydrogen-bond acceptors (Lipinski definition) is 2. The van der Waals surface area contributed by atoms with Crippen LogP contribution in [0.1, 0.15) is 44.1 Å². The molecule has 1 aromatic carbocycles. The molecule has 1 saturated heterocycles. The van der Waals surface area contributed by atoms with Crippen LogP contribution >= 0.6 is 0 Å². The van der Waals surface area contributed by atoms with Gasteiger partial charge >= 0.3 is 0 Å². The van der Waals surface area contributed by atoms with Crippen molar-refractivity contribution in [1.82, 2.24) is 9.80 Å². The standard InChI is InChI=1S/C19H30N2/c1-16(15-21-10-6-7-11-21)14-20(2)19-12-18(13-19)17-8-4-3-5-9-17/h3-5,8-9,16,18-19H,6-7,10-15H2,1-2H3. The molecule has 1 aliphatic heterocycles. The maximum Gasteiger partial charge on any atom is 0.0104 e. The minimum atomic E-state index is 0.795. The Balaban J connectivity index is 1.39. The summed E-state index contributed by atoms with van der Waals surface area (Å²) in [6.45, 7) is 7.62. The second kappa shape index (κ2) is 6.93. The van der Waals surface area contributed by atoms with Crippen molar-refractivity contribution in [2.24, 2.45) is 5.92 Å². The smallest absolute Gasteiger partial charge is 0.0104 e. The zero-order valence-corrected chi connectivity index (χ0v) is 13.7. The average molecular weight is 286 g/mol. The molecule has 1 heterocycles. The summed E-state index contributed by atoms with van der Waals surface area (Å²) in [7, 11) is 2.33. The minimum absolute atomic E-state index is 0.795. The van der Waals surface area contributed by atoms with E-state index in [1.807, 2.05) is 0 Å². The number of nitrogens with zero attached hydrogens (tertiary/aromatic N) is 2. The molecule has 1 atom stereocenters. The summed E-state index contributed by atoms with van der Waals surface area (Å²) in [5.74, 6) is 1.59. The molecule has 116 valence electrons. The number of benzene rings is 1. The third kappa shape index (κ3) is 3.87. The van der Waals surface area contributed by atoms with E-state index in [4.69, 9.17) is 0 Å². The van der Waals surface area contributed by atoms with Crippen LogP contribution in [0.3, 0.4) is 0 Å². The van der Waals surface area contributed by atoms with E-state index in [-0.39, 0.29) is 0 Å². The molecule has 0 radical (unpaired) electrons. The third-order valence-electron chi connectivity index (χ3n) is 5.38. The van der Waals surface area contributed by atoms with E-state index in [1.54, 1.807) is 0 Å². The van der Waals surface area contributed by atoms with Crippen molar-refractivity contribution in [2.45, 2.75) is 44.6 Å². The second-order valence-corrected chi connectivity index (χ2v) is 7.29. The Hall–Kier alpha value is -0.860. The third-order valence-corrected chi connectivity index (χ3v) is 5.38. The maximum absolute atomic E-state index is 2.64. The molecule has 0 bridgehead atoms. The summed E-state index contributed by atoms with van der Waals surface area (Å²) in [6.07, 6.45) is 5.50. The van der Waals surface area contributed by atoms with Crippen LogP contribution in [0.4, 0.5) is 0 Å². The van der Waals surface area contributed by atoms with Gasteiger partial charge in [-0.05, 0) is 63.2 Å². The van der Waals surface area contributed by atoms with Crippen molar-refractivity contribution < 1.29 is 0 Å². The van der Waals surface area contributed by atoms with Gasteiger partial charge in [0.05, 0.1) is 0 Å². The van der Waals surface area contributed by atoms with Crippen LogP contribution in [-0.4, -0.2) is 49.1 Å². The van der Waals surface area contributed by atoms with E-state index < -0.39 is 0 Å². The summed E-state index contributed by atoms with van der Waals surface area (Å²) in [5.41, 5.74) is 1.53. The Morgan fingerprint density at radius 3 is 2.48 bits per heavy atom. The van der Waals surface area contributed by atoms with E-state index in [0.717, 1.165) is 17.9 Å². The van der Waals surface area contributed by atoms with Gasteiger partial charge in [-0.25, -0.2) is 0 Å². The van der Waals surface area contributed by atoms with Gasteiger partial charge in [0.25, 0.3) is 0 Å². The highest BCUT2D eigenvalue weighted by atomic mass is 15.2. The van der Waals surface area contributed by atoms with Crippen molar-refractivity contribution in [3.05, 3.63) is 35.9 Å². The van der Waals surface area contributed by atoms with E-state index in [9.17, 15) is 0 Å². The number of hydrogen-bond donors (Lipinski definition) is 0. The lowest BCUT2D eigenvalue weighted by Crippen LogP contribution is -2.44. The van der Waals surface area contributed by atoms with Gasteiger partial charge in [0.2, 0.25) is 0 Å². The average Bonchev–Trinajstić information content (AvgIpc) is 2.90. The van der Waals surface area contributed by atoms with Crippen molar-refractivity contribution in [1.29, 1.82) is 0 Å². The van der Waals surface area contributed by atoms with Crippen molar-refractivity contribution in [3.8, 4) is 0 Å². The highest BCUT2D eigenvalue weighted by Gasteiger charge is 2.33. The summed E-state index contributed by atoms with van der Waals surface area (Å²) >= 11 is 0. The molecule has 2 aliphatic rings.